The Hall–Kier alpha value is -0.610. The van der Waals surface area contributed by atoms with E-state index in [1.54, 1.807) is 0 Å². The summed E-state index contributed by atoms with van der Waals surface area (Å²) in [5.74, 6) is -0.458. The molecule has 0 saturated carbocycles. The van der Waals surface area contributed by atoms with Gasteiger partial charge in [0.25, 0.3) is 0 Å². The SMILES string of the molecule is CCCCCCCCCCCCCCCCCC(O)[C@H]1O[C@H]1C(N)=O. The number of rotatable bonds is 18. The molecule has 1 saturated heterocycles. The number of ether oxygens (including phenoxy) is 1. The first-order valence-corrected chi connectivity index (χ1v) is 10.8. The monoisotopic (exact) mass is 355 g/mol. The van der Waals surface area contributed by atoms with Crippen LogP contribution < -0.4 is 5.73 Å². The summed E-state index contributed by atoms with van der Waals surface area (Å²) >= 11 is 0. The summed E-state index contributed by atoms with van der Waals surface area (Å²) in [6, 6.07) is 0. The van der Waals surface area contributed by atoms with Gasteiger partial charge in [-0.2, -0.15) is 0 Å². The van der Waals surface area contributed by atoms with Crippen LogP contribution in [0.3, 0.4) is 0 Å². The largest absolute Gasteiger partial charge is 0.390 e. The van der Waals surface area contributed by atoms with Crippen LogP contribution >= 0.6 is 0 Å². The third kappa shape index (κ3) is 11.6. The minimum atomic E-state index is -0.550. The average Bonchev–Trinajstić information content (AvgIpc) is 3.39. The number of unbranched alkanes of at least 4 members (excludes halogenated alkanes) is 14. The Morgan fingerprint density at radius 1 is 0.840 bits per heavy atom. The summed E-state index contributed by atoms with van der Waals surface area (Å²) in [6.45, 7) is 2.27. The molecule has 3 atom stereocenters. The lowest BCUT2D eigenvalue weighted by atomic mass is 10.0. The number of carbonyl (C=O) groups is 1. The van der Waals surface area contributed by atoms with Gasteiger partial charge in [-0.1, -0.05) is 103 Å². The van der Waals surface area contributed by atoms with E-state index in [0.717, 1.165) is 12.8 Å². The Balaban J connectivity index is 1.73. The molecule has 1 amide bonds. The van der Waals surface area contributed by atoms with E-state index in [1.807, 2.05) is 0 Å². The van der Waals surface area contributed by atoms with E-state index in [9.17, 15) is 9.90 Å². The van der Waals surface area contributed by atoms with Crippen LogP contribution in [0.2, 0.25) is 0 Å². The fourth-order valence-corrected chi connectivity index (χ4v) is 3.53. The summed E-state index contributed by atoms with van der Waals surface area (Å²) in [5, 5.41) is 9.88. The second kappa shape index (κ2) is 14.5. The quantitative estimate of drug-likeness (QED) is 0.272. The van der Waals surface area contributed by atoms with Crippen LogP contribution in [0.4, 0.5) is 0 Å². The van der Waals surface area contributed by atoms with Crippen LogP contribution in [0.15, 0.2) is 0 Å². The Bertz CT molecular complexity index is 335. The van der Waals surface area contributed by atoms with Crippen molar-refractivity contribution >= 4 is 5.91 Å². The van der Waals surface area contributed by atoms with Gasteiger partial charge in [0.05, 0.1) is 6.10 Å². The molecule has 4 nitrogen and oxygen atoms in total. The maximum Gasteiger partial charge on any atom is 0.249 e. The molecular formula is C21H41NO3. The molecule has 0 aliphatic carbocycles. The zero-order chi connectivity index (χ0) is 18.3. The van der Waals surface area contributed by atoms with Gasteiger partial charge in [-0.05, 0) is 6.42 Å². The number of hydrogen-bond acceptors (Lipinski definition) is 3. The smallest absolute Gasteiger partial charge is 0.249 e. The van der Waals surface area contributed by atoms with Crippen molar-refractivity contribution in [2.45, 2.75) is 128 Å². The molecule has 0 aromatic heterocycles. The first-order chi connectivity index (χ1) is 12.2. The van der Waals surface area contributed by atoms with Crippen molar-refractivity contribution in [3.8, 4) is 0 Å². The number of aliphatic hydroxyl groups excluding tert-OH is 1. The van der Waals surface area contributed by atoms with Gasteiger partial charge >= 0.3 is 0 Å². The number of primary amides is 1. The fourth-order valence-electron chi connectivity index (χ4n) is 3.53. The molecule has 0 radical (unpaired) electrons. The van der Waals surface area contributed by atoms with Crippen molar-refractivity contribution in [3.63, 3.8) is 0 Å². The molecule has 0 bridgehead atoms. The summed E-state index contributed by atoms with van der Waals surface area (Å²) < 4.78 is 5.09. The van der Waals surface area contributed by atoms with Crippen LogP contribution in [0, 0.1) is 0 Å². The molecule has 1 rings (SSSR count). The van der Waals surface area contributed by atoms with Crippen molar-refractivity contribution in [1.29, 1.82) is 0 Å². The van der Waals surface area contributed by atoms with E-state index in [4.69, 9.17) is 10.5 Å². The average molecular weight is 356 g/mol. The number of amides is 1. The molecule has 1 heterocycles. The van der Waals surface area contributed by atoms with Crippen LogP contribution in [-0.2, 0) is 9.53 Å². The summed E-state index contributed by atoms with van der Waals surface area (Å²) in [4.78, 5) is 10.9. The molecule has 0 aromatic rings. The Labute approximate surface area is 154 Å². The van der Waals surface area contributed by atoms with E-state index < -0.39 is 18.1 Å². The summed E-state index contributed by atoms with van der Waals surface area (Å²) in [6.07, 6.45) is 19.4. The topological polar surface area (TPSA) is 75.8 Å². The Morgan fingerprint density at radius 3 is 1.60 bits per heavy atom. The van der Waals surface area contributed by atoms with E-state index in [-0.39, 0.29) is 6.10 Å². The lowest BCUT2D eigenvalue weighted by Crippen LogP contribution is -2.25. The van der Waals surface area contributed by atoms with Crippen LogP contribution in [0.5, 0.6) is 0 Å². The number of carbonyl (C=O) groups excluding carboxylic acids is 1. The van der Waals surface area contributed by atoms with Gasteiger partial charge in [-0.3, -0.25) is 4.79 Å². The highest BCUT2D eigenvalue weighted by Gasteiger charge is 2.48. The van der Waals surface area contributed by atoms with Gasteiger partial charge in [0.15, 0.2) is 6.10 Å². The maximum absolute atomic E-state index is 10.9. The van der Waals surface area contributed by atoms with Crippen molar-refractivity contribution in [1.82, 2.24) is 0 Å². The van der Waals surface area contributed by atoms with Crippen LogP contribution in [0.25, 0.3) is 0 Å². The highest BCUT2D eigenvalue weighted by Crippen LogP contribution is 2.27. The highest BCUT2D eigenvalue weighted by molar-refractivity contribution is 5.81. The number of hydrogen-bond donors (Lipinski definition) is 2. The van der Waals surface area contributed by atoms with E-state index in [2.05, 4.69) is 6.92 Å². The molecule has 0 aromatic carbocycles. The minimum absolute atomic E-state index is 0.343. The molecule has 25 heavy (non-hydrogen) atoms. The number of epoxide rings is 1. The van der Waals surface area contributed by atoms with Gasteiger partial charge in [0, 0.05) is 0 Å². The van der Waals surface area contributed by atoms with Crippen molar-refractivity contribution in [2.24, 2.45) is 5.73 Å². The molecule has 4 heteroatoms. The Kier molecular flexibility index (Phi) is 13.1. The maximum atomic E-state index is 10.9. The summed E-state index contributed by atoms with van der Waals surface area (Å²) in [5.41, 5.74) is 5.14. The van der Waals surface area contributed by atoms with E-state index in [0.29, 0.717) is 6.42 Å². The van der Waals surface area contributed by atoms with Gasteiger partial charge < -0.3 is 15.6 Å². The summed E-state index contributed by atoms with van der Waals surface area (Å²) in [7, 11) is 0. The van der Waals surface area contributed by atoms with Gasteiger partial charge in [-0.25, -0.2) is 0 Å². The van der Waals surface area contributed by atoms with E-state index in [1.165, 1.54) is 83.5 Å². The zero-order valence-electron chi connectivity index (χ0n) is 16.4. The van der Waals surface area contributed by atoms with E-state index >= 15 is 0 Å². The molecule has 1 unspecified atom stereocenters. The van der Waals surface area contributed by atoms with Crippen molar-refractivity contribution in [2.75, 3.05) is 0 Å². The normalized spacial score (nSPS) is 20.6. The molecule has 1 aliphatic heterocycles. The minimum Gasteiger partial charge on any atom is -0.390 e. The first-order valence-electron chi connectivity index (χ1n) is 10.8. The third-order valence-electron chi connectivity index (χ3n) is 5.29. The lowest BCUT2D eigenvalue weighted by Gasteiger charge is -2.07. The number of nitrogens with two attached hydrogens (primary N) is 1. The van der Waals surface area contributed by atoms with Crippen LogP contribution in [-0.4, -0.2) is 29.3 Å². The number of aliphatic hydroxyl groups is 1. The first kappa shape index (κ1) is 22.4. The predicted octanol–water partition coefficient (Wildman–Crippen LogP) is 4.86. The molecular weight excluding hydrogens is 314 g/mol. The van der Waals surface area contributed by atoms with Gasteiger partial charge in [0.1, 0.15) is 6.10 Å². The second-order valence-electron chi connectivity index (χ2n) is 7.73. The van der Waals surface area contributed by atoms with Crippen LogP contribution in [0.1, 0.15) is 110 Å². The lowest BCUT2D eigenvalue weighted by molar-refractivity contribution is -0.119. The van der Waals surface area contributed by atoms with Crippen molar-refractivity contribution in [3.05, 3.63) is 0 Å². The van der Waals surface area contributed by atoms with Gasteiger partial charge in [-0.15, -0.1) is 0 Å². The Morgan fingerprint density at radius 2 is 1.24 bits per heavy atom. The standard InChI is InChI=1S/C21H41NO3/c1-2-3-4-5-6-7-8-9-10-11-12-13-14-15-16-17-18(23)19-20(25-19)21(22)24/h18-20,23H,2-17H2,1H3,(H2,22,24)/t18?,19-,20-/m1/s1. The second-order valence-corrected chi connectivity index (χ2v) is 7.73. The fraction of sp³-hybridized carbons (Fsp3) is 0.952. The predicted molar refractivity (Wildman–Crippen MR) is 103 cm³/mol. The molecule has 1 fully saturated rings. The molecule has 3 N–H and O–H groups in total. The molecule has 0 spiro atoms. The third-order valence-corrected chi connectivity index (χ3v) is 5.29. The zero-order valence-corrected chi connectivity index (χ0v) is 16.4. The molecule has 1 aliphatic rings. The molecule has 148 valence electrons. The van der Waals surface area contributed by atoms with Gasteiger partial charge in [0.2, 0.25) is 5.91 Å². The highest BCUT2D eigenvalue weighted by atomic mass is 16.6. The van der Waals surface area contributed by atoms with Crippen molar-refractivity contribution < 1.29 is 14.6 Å².